The van der Waals surface area contributed by atoms with Crippen molar-refractivity contribution in [2.45, 2.75) is 25.6 Å². The molecule has 4 aromatic rings. The van der Waals surface area contributed by atoms with Gasteiger partial charge >= 0.3 is 0 Å². The molecule has 34 heavy (non-hydrogen) atoms. The van der Waals surface area contributed by atoms with Gasteiger partial charge in [0.25, 0.3) is 11.8 Å². The molecule has 6 heteroatoms. The Morgan fingerprint density at radius 1 is 0.853 bits per heavy atom. The van der Waals surface area contributed by atoms with Crippen molar-refractivity contribution in [2.75, 3.05) is 6.54 Å². The summed E-state index contributed by atoms with van der Waals surface area (Å²) in [5.74, 6) is -0.389. The van der Waals surface area contributed by atoms with Crippen LogP contribution in [0, 0.1) is 0 Å². The largest absolute Gasteiger partial charge is 0.344 e. The highest BCUT2D eigenvalue weighted by Crippen LogP contribution is 2.21. The fourth-order valence-electron chi connectivity index (χ4n) is 4.32. The van der Waals surface area contributed by atoms with Crippen LogP contribution in [0.5, 0.6) is 0 Å². The van der Waals surface area contributed by atoms with Crippen molar-refractivity contribution < 1.29 is 9.59 Å². The first-order chi connectivity index (χ1) is 16.7. The van der Waals surface area contributed by atoms with Crippen LogP contribution < -0.4 is 5.32 Å². The van der Waals surface area contributed by atoms with E-state index in [-0.39, 0.29) is 23.6 Å². The standard InChI is InChI=1S/C28H26N4O2/c33-27(29-24(23-14-8-3-9-15-23)18-21-10-4-1-5-11-21)25-19-26-28(34)31(16-17-32(26)30-25)20-22-12-6-2-7-13-22/h1-15,19,24H,16-18,20H2,(H,29,33)/t24-/m1/s1. The van der Waals surface area contributed by atoms with Gasteiger partial charge in [-0.05, 0) is 23.1 Å². The zero-order valence-electron chi connectivity index (χ0n) is 18.8. The second kappa shape index (κ2) is 9.75. The van der Waals surface area contributed by atoms with E-state index in [1.807, 2.05) is 78.9 Å². The molecule has 6 nitrogen and oxygen atoms in total. The molecule has 2 amide bonds. The Morgan fingerprint density at radius 2 is 1.47 bits per heavy atom. The Balaban J connectivity index is 1.33. The second-order valence-electron chi connectivity index (χ2n) is 8.48. The molecule has 1 aliphatic heterocycles. The van der Waals surface area contributed by atoms with Crippen molar-refractivity contribution in [1.29, 1.82) is 0 Å². The average molecular weight is 451 g/mol. The summed E-state index contributed by atoms with van der Waals surface area (Å²) in [7, 11) is 0. The number of carbonyl (C=O) groups is 2. The van der Waals surface area contributed by atoms with Gasteiger partial charge in [0.1, 0.15) is 5.69 Å². The molecule has 3 aromatic carbocycles. The summed E-state index contributed by atoms with van der Waals surface area (Å²) in [6.07, 6.45) is 0.661. The number of nitrogens with zero attached hydrogens (tertiary/aromatic N) is 3. The third-order valence-corrected chi connectivity index (χ3v) is 6.11. The molecule has 2 heterocycles. The molecule has 5 rings (SSSR count). The minimum atomic E-state index is -0.283. The second-order valence-corrected chi connectivity index (χ2v) is 8.48. The lowest BCUT2D eigenvalue weighted by Crippen LogP contribution is -2.39. The fourth-order valence-corrected chi connectivity index (χ4v) is 4.32. The Kier molecular flexibility index (Phi) is 6.21. The van der Waals surface area contributed by atoms with Crippen molar-refractivity contribution in [3.8, 4) is 0 Å². The Hall–Kier alpha value is -4.19. The Labute approximate surface area is 198 Å². The van der Waals surface area contributed by atoms with E-state index in [0.29, 0.717) is 31.7 Å². The summed E-state index contributed by atoms with van der Waals surface area (Å²) in [6, 6.07) is 31.3. The van der Waals surface area contributed by atoms with Crippen LogP contribution in [-0.2, 0) is 19.5 Å². The zero-order chi connectivity index (χ0) is 23.3. The van der Waals surface area contributed by atoms with E-state index in [4.69, 9.17) is 0 Å². The molecular weight excluding hydrogens is 424 g/mol. The lowest BCUT2D eigenvalue weighted by molar-refractivity contribution is 0.0683. The Morgan fingerprint density at radius 3 is 2.15 bits per heavy atom. The number of fused-ring (bicyclic) bond motifs is 1. The van der Waals surface area contributed by atoms with Gasteiger partial charge in [0.15, 0.2) is 5.69 Å². The van der Waals surface area contributed by atoms with E-state index < -0.39 is 0 Å². The Bertz CT molecular complexity index is 1270. The molecule has 1 atom stereocenters. The molecule has 0 unspecified atom stereocenters. The number of hydrogen-bond donors (Lipinski definition) is 1. The summed E-state index contributed by atoms with van der Waals surface area (Å²) >= 11 is 0. The van der Waals surface area contributed by atoms with Crippen molar-refractivity contribution in [1.82, 2.24) is 20.0 Å². The van der Waals surface area contributed by atoms with Gasteiger partial charge in [-0.3, -0.25) is 14.3 Å². The van der Waals surface area contributed by atoms with Crippen molar-refractivity contribution in [2.24, 2.45) is 0 Å². The highest BCUT2D eigenvalue weighted by molar-refractivity contribution is 5.98. The molecule has 0 bridgehead atoms. The van der Waals surface area contributed by atoms with E-state index in [2.05, 4.69) is 22.5 Å². The van der Waals surface area contributed by atoms with Gasteiger partial charge in [0, 0.05) is 19.2 Å². The van der Waals surface area contributed by atoms with E-state index in [1.165, 1.54) is 0 Å². The SMILES string of the molecule is O=C(N[C@H](Cc1ccccc1)c1ccccc1)c1cc2n(n1)CCN(Cc1ccccc1)C2=O. The molecule has 0 saturated carbocycles. The summed E-state index contributed by atoms with van der Waals surface area (Å²) in [4.78, 5) is 28.1. The minimum absolute atomic E-state index is 0.106. The van der Waals surface area contributed by atoms with Crippen LogP contribution in [0.1, 0.15) is 43.7 Å². The maximum absolute atomic E-state index is 13.2. The van der Waals surface area contributed by atoms with Crippen molar-refractivity contribution in [3.05, 3.63) is 125 Å². The quantitative estimate of drug-likeness (QED) is 0.458. The predicted octanol–water partition coefficient (Wildman–Crippen LogP) is 4.25. The number of rotatable bonds is 7. The molecule has 0 fully saturated rings. The van der Waals surface area contributed by atoms with E-state index in [9.17, 15) is 9.59 Å². The molecule has 1 aromatic heterocycles. The van der Waals surface area contributed by atoms with E-state index in [1.54, 1.807) is 15.6 Å². The van der Waals surface area contributed by atoms with Crippen LogP contribution in [-0.4, -0.2) is 33.0 Å². The van der Waals surface area contributed by atoms with Gasteiger partial charge in [0.2, 0.25) is 0 Å². The average Bonchev–Trinajstić information content (AvgIpc) is 3.33. The van der Waals surface area contributed by atoms with Gasteiger partial charge in [0.05, 0.1) is 12.6 Å². The molecule has 0 radical (unpaired) electrons. The van der Waals surface area contributed by atoms with Gasteiger partial charge in [-0.25, -0.2) is 0 Å². The molecule has 0 spiro atoms. The summed E-state index contributed by atoms with van der Waals surface area (Å²) in [5.41, 5.74) is 3.94. The van der Waals surface area contributed by atoms with Crippen LogP contribution in [0.4, 0.5) is 0 Å². The fraction of sp³-hybridized carbons (Fsp3) is 0.179. The van der Waals surface area contributed by atoms with Gasteiger partial charge in [-0.15, -0.1) is 0 Å². The van der Waals surface area contributed by atoms with Crippen LogP contribution in [0.25, 0.3) is 0 Å². The third-order valence-electron chi connectivity index (χ3n) is 6.11. The molecular formula is C28H26N4O2. The number of benzene rings is 3. The molecule has 0 saturated heterocycles. The van der Waals surface area contributed by atoms with E-state index >= 15 is 0 Å². The maximum Gasteiger partial charge on any atom is 0.272 e. The van der Waals surface area contributed by atoms with Gasteiger partial charge in [-0.1, -0.05) is 91.0 Å². The van der Waals surface area contributed by atoms with Crippen molar-refractivity contribution >= 4 is 11.8 Å². The highest BCUT2D eigenvalue weighted by Gasteiger charge is 2.28. The number of carbonyl (C=O) groups excluding carboxylic acids is 2. The van der Waals surface area contributed by atoms with E-state index in [0.717, 1.165) is 16.7 Å². The first kappa shape index (κ1) is 21.6. The lowest BCUT2D eigenvalue weighted by Gasteiger charge is -2.27. The third kappa shape index (κ3) is 4.76. The summed E-state index contributed by atoms with van der Waals surface area (Å²) < 4.78 is 1.65. The summed E-state index contributed by atoms with van der Waals surface area (Å²) in [5, 5.41) is 7.59. The first-order valence-electron chi connectivity index (χ1n) is 11.5. The van der Waals surface area contributed by atoms with Crippen LogP contribution >= 0.6 is 0 Å². The molecule has 170 valence electrons. The zero-order valence-corrected chi connectivity index (χ0v) is 18.8. The summed E-state index contributed by atoms with van der Waals surface area (Å²) in [6.45, 7) is 1.66. The number of aromatic nitrogens is 2. The maximum atomic E-state index is 13.2. The van der Waals surface area contributed by atoms with Crippen molar-refractivity contribution in [3.63, 3.8) is 0 Å². The first-order valence-corrected chi connectivity index (χ1v) is 11.5. The highest BCUT2D eigenvalue weighted by atomic mass is 16.2. The topological polar surface area (TPSA) is 67.2 Å². The molecule has 1 N–H and O–H groups in total. The van der Waals surface area contributed by atoms with Gasteiger partial charge in [-0.2, -0.15) is 5.10 Å². The normalized spacial score (nSPS) is 13.9. The van der Waals surface area contributed by atoms with Gasteiger partial charge < -0.3 is 10.2 Å². The number of hydrogen-bond acceptors (Lipinski definition) is 3. The van der Waals surface area contributed by atoms with Crippen LogP contribution in [0.3, 0.4) is 0 Å². The lowest BCUT2D eigenvalue weighted by atomic mass is 9.98. The monoisotopic (exact) mass is 450 g/mol. The number of nitrogens with one attached hydrogen (secondary N) is 1. The molecule has 0 aliphatic carbocycles. The predicted molar refractivity (Wildman–Crippen MR) is 130 cm³/mol. The molecule has 1 aliphatic rings. The smallest absolute Gasteiger partial charge is 0.272 e. The van der Waals surface area contributed by atoms with Crippen LogP contribution in [0.2, 0.25) is 0 Å². The minimum Gasteiger partial charge on any atom is -0.344 e. The van der Waals surface area contributed by atoms with Crippen LogP contribution in [0.15, 0.2) is 97.1 Å². The number of amides is 2.